The van der Waals surface area contributed by atoms with Crippen LogP contribution in [0.3, 0.4) is 0 Å². The average Bonchev–Trinajstić information content (AvgIpc) is 3.05. The first-order valence-corrected chi connectivity index (χ1v) is 7.97. The first kappa shape index (κ1) is 13.1. The molecule has 0 radical (unpaired) electrons. The zero-order valence-corrected chi connectivity index (χ0v) is 12.0. The first-order valence-electron chi connectivity index (χ1n) is 7.15. The van der Waals surface area contributed by atoms with Gasteiger partial charge in [0, 0.05) is 15.8 Å². The van der Waals surface area contributed by atoms with E-state index in [2.05, 4.69) is 31.3 Å². The van der Waals surface area contributed by atoms with Crippen LogP contribution in [-0.4, -0.2) is 6.54 Å². The molecule has 1 aliphatic carbocycles. The zero-order chi connectivity index (χ0) is 12.1. The maximum atomic E-state index is 3.72. The van der Waals surface area contributed by atoms with Crippen LogP contribution in [0.4, 0.5) is 0 Å². The Balaban J connectivity index is 1.91. The van der Waals surface area contributed by atoms with Gasteiger partial charge in [-0.2, -0.15) is 0 Å². The molecule has 1 aromatic heterocycles. The minimum atomic E-state index is 0.612. The van der Waals surface area contributed by atoms with E-state index >= 15 is 0 Å². The molecule has 1 atom stereocenters. The van der Waals surface area contributed by atoms with Crippen molar-refractivity contribution in [1.82, 2.24) is 5.32 Å². The highest BCUT2D eigenvalue weighted by Gasteiger charge is 2.23. The van der Waals surface area contributed by atoms with Crippen molar-refractivity contribution in [2.75, 3.05) is 6.54 Å². The van der Waals surface area contributed by atoms with Crippen LogP contribution in [0.25, 0.3) is 0 Å². The topological polar surface area (TPSA) is 12.0 Å². The van der Waals surface area contributed by atoms with Crippen LogP contribution in [0.1, 0.15) is 61.7 Å². The predicted octanol–water partition coefficient (Wildman–Crippen LogP) is 4.54. The Morgan fingerprint density at radius 2 is 2.18 bits per heavy atom. The summed E-state index contributed by atoms with van der Waals surface area (Å²) >= 11 is 2.00. The van der Waals surface area contributed by atoms with Crippen LogP contribution in [0.15, 0.2) is 12.1 Å². The van der Waals surface area contributed by atoms with E-state index in [1.165, 1.54) is 43.4 Å². The fourth-order valence-corrected chi connectivity index (χ4v) is 3.31. The Hall–Kier alpha value is -0.340. The summed E-state index contributed by atoms with van der Waals surface area (Å²) in [6.45, 7) is 5.64. The Morgan fingerprint density at radius 3 is 2.76 bits per heavy atom. The number of thiophene rings is 1. The number of aryl methyl sites for hydroxylation is 1. The van der Waals surface area contributed by atoms with Crippen molar-refractivity contribution < 1.29 is 0 Å². The van der Waals surface area contributed by atoms with E-state index in [1.54, 1.807) is 4.88 Å². The van der Waals surface area contributed by atoms with Crippen LogP contribution >= 0.6 is 11.3 Å². The Morgan fingerprint density at radius 1 is 1.35 bits per heavy atom. The van der Waals surface area contributed by atoms with E-state index in [0.717, 1.165) is 12.5 Å². The van der Waals surface area contributed by atoms with Crippen LogP contribution < -0.4 is 5.32 Å². The summed E-state index contributed by atoms with van der Waals surface area (Å²) in [6, 6.07) is 5.25. The second-order valence-electron chi connectivity index (χ2n) is 5.19. The lowest BCUT2D eigenvalue weighted by Crippen LogP contribution is -2.21. The van der Waals surface area contributed by atoms with Gasteiger partial charge in [-0.3, -0.25) is 0 Å². The second kappa shape index (κ2) is 6.55. The minimum Gasteiger partial charge on any atom is -0.309 e. The third kappa shape index (κ3) is 4.11. The molecule has 0 aromatic carbocycles. The zero-order valence-electron chi connectivity index (χ0n) is 11.2. The van der Waals surface area contributed by atoms with E-state index < -0.39 is 0 Å². The molecule has 2 heteroatoms. The summed E-state index contributed by atoms with van der Waals surface area (Å²) in [7, 11) is 0. The molecule has 0 bridgehead atoms. The van der Waals surface area contributed by atoms with Gasteiger partial charge >= 0.3 is 0 Å². The van der Waals surface area contributed by atoms with Gasteiger partial charge in [0.15, 0.2) is 0 Å². The molecule has 1 saturated carbocycles. The van der Waals surface area contributed by atoms with Crippen LogP contribution in [0, 0.1) is 5.92 Å². The van der Waals surface area contributed by atoms with Crippen molar-refractivity contribution in [3.05, 3.63) is 21.9 Å². The maximum absolute atomic E-state index is 3.72. The fraction of sp³-hybridized carbons (Fsp3) is 0.733. The van der Waals surface area contributed by atoms with E-state index in [-0.39, 0.29) is 0 Å². The molecule has 2 rings (SSSR count). The van der Waals surface area contributed by atoms with E-state index in [1.807, 2.05) is 11.3 Å². The van der Waals surface area contributed by atoms with E-state index in [0.29, 0.717) is 6.04 Å². The molecule has 0 amide bonds. The van der Waals surface area contributed by atoms with Crippen molar-refractivity contribution in [1.29, 1.82) is 0 Å². The van der Waals surface area contributed by atoms with Gasteiger partial charge in [0.25, 0.3) is 0 Å². The first-order chi connectivity index (χ1) is 8.33. The Kier molecular flexibility index (Phi) is 5.05. The second-order valence-corrected chi connectivity index (χ2v) is 6.38. The molecular formula is C15H25NS. The van der Waals surface area contributed by atoms with Crippen LogP contribution in [-0.2, 0) is 6.42 Å². The normalized spacial score (nSPS) is 17.3. The third-order valence-corrected chi connectivity index (χ3v) is 4.92. The SMILES string of the molecule is CCCNC(CCC1CC1)c1ccc(CC)s1. The van der Waals surface area contributed by atoms with Crippen molar-refractivity contribution in [2.24, 2.45) is 5.92 Å². The number of nitrogens with one attached hydrogen (secondary N) is 1. The van der Waals surface area contributed by atoms with Gasteiger partial charge in [-0.05, 0) is 50.3 Å². The molecule has 1 nitrogen and oxygen atoms in total. The van der Waals surface area contributed by atoms with E-state index in [4.69, 9.17) is 0 Å². The van der Waals surface area contributed by atoms with Gasteiger partial charge in [0.2, 0.25) is 0 Å². The van der Waals surface area contributed by atoms with Gasteiger partial charge in [0.05, 0.1) is 0 Å². The van der Waals surface area contributed by atoms with Gasteiger partial charge in [0.1, 0.15) is 0 Å². The summed E-state index contributed by atoms with van der Waals surface area (Å²) in [5, 5.41) is 3.72. The van der Waals surface area contributed by atoms with Crippen molar-refractivity contribution >= 4 is 11.3 Å². The van der Waals surface area contributed by atoms with Crippen molar-refractivity contribution in [2.45, 2.75) is 58.4 Å². The molecule has 1 unspecified atom stereocenters. The molecule has 0 spiro atoms. The summed E-state index contributed by atoms with van der Waals surface area (Å²) in [5.74, 6) is 1.05. The average molecular weight is 251 g/mol. The highest BCUT2D eigenvalue weighted by Crippen LogP contribution is 2.37. The Bertz CT molecular complexity index is 327. The molecule has 1 fully saturated rings. The molecule has 17 heavy (non-hydrogen) atoms. The van der Waals surface area contributed by atoms with Crippen molar-refractivity contribution in [3.8, 4) is 0 Å². The lowest BCUT2D eigenvalue weighted by Gasteiger charge is -2.17. The summed E-state index contributed by atoms with van der Waals surface area (Å²) in [6.07, 6.45) is 8.10. The molecule has 1 N–H and O–H groups in total. The van der Waals surface area contributed by atoms with Crippen LogP contribution in [0.2, 0.25) is 0 Å². The Labute approximate surface area is 110 Å². The van der Waals surface area contributed by atoms with Gasteiger partial charge in [-0.15, -0.1) is 11.3 Å². The minimum absolute atomic E-state index is 0.612. The maximum Gasteiger partial charge on any atom is 0.0414 e. The van der Waals surface area contributed by atoms with Gasteiger partial charge in [-0.25, -0.2) is 0 Å². The van der Waals surface area contributed by atoms with Crippen molar-refractivity contribution in [3.63, 3.8) is 0 Å². The smallest absolute Gasteiger partial charge is 0.0414 e. The third-order valence-electron chi connectivity index (χ3n) is 3.58. The standard InChI is InChI=1S/C15H25NS/c1-3-11-16-14(9-7-12-5-6-12)15-10-8-13(4-2)17-15/h8,10,12,14,16H,3-7,9,11H2,1-2H3. The molecule has 96 valence electrons. The predicted molar refractivity (Wildman–Crippen MR) is 76.7 cm³/mol. The molecule has 1 aromatic rings. The fourth-order valence-electron chi connectivity index (χ4n) is 2.24. The monoisotopic (exact) mass is 251 g/mol. The van der Waals surface area contributed by atoms with Gasteiger partial charge in [-0.1, -0.05) is 26.7 Å². The highest BCUT2D eigenvalue weighted by atomic mass is 32.1. The molecule has 1 aliphatic rings. The van der Waals surface area contributed by atoms with Gasteiger partial charge < -0.3 is 5.32 Å². The molecule has 1 heterocycles. The number of rotatable bonds is 8. The number of hydrogen-bond donors (Lipinski definition) is 1. The summed E-state index contributed by atoms with van der Waals surface area (Å²) in [4.78, 5) is 3.07. The largest absolute Gasteiger partial charge is 0.309 e. The lowest BCUT2D eigenvalue weighted by atomic mass is 10.1. The molecule has 0 saturated heterocycles. The summed E-state index contributed by atoms with van der Waals surface area (Å²) in [5.41, 5.74) is 0. The van der Waals surface area contributed by atoms with E-state index in [9.17, 15) is 0 Å². The highest BCUT2D eigenvalue weighted by molar-refractivity contribution is 7.12. The molecule has 0 aliphatic heterocycles. The summed E-state index contributed by atoms with van der Waals surface area (Å²) < 4.78 is 0. The number of hydrogen-bond acceptors (Lipinski definition) is 2. The molecular weight excluding hydrogens is 226 g/mol. The van der Waals surface area contributed by atoms with Crippen LogP contribution in [0.5, 0.6) is 0 Å². The lowest BCUT2D eigenvalue weighted by molar-refractivity contribution is 0.476. The quantitative estimate of drug-likeness (QED) is 0.715.